The number of hydrogen-bond donors (Lipinski definition) is 2. The van der Waals surface area contributed by atoms with E-state index in [9.17, 15) is 9.59 Å². The zero-order chi connectivity index (χ0) is 13.2. The van der Waals surface area contributed by atoms with Crippen LogP contribution in [0.15, 0.2) is 60.8 Å². The average molecular weight is 243 g/mol. The topological polar surface area (TPSA) is 66.4 Å². The summed E-state index contributed by atoms with van der Waals surface area (Å²) in [5.41, 5.74) is 1.04. The van der Waals surface area contributed by atoms with Gasteiger partial charge in [0.15, 0.2) is 0 Å². The number of rotatable bonds is 5. The van der Waals surface area contributed by atoms with Crippen LogP contribution in [0.25, 0.3) is 6.08 Å². The van der Waals surface area contributed by atoms with Crippen LogP contribution in [-0.4, -0.2) is 17.0 Å². The van der Waals surface area contributed by atoms with Crippen LogP contribution < -0.4 is 5.32 Å². The fraction of sp³-hybridized carbons (Fsp3) is 0. The second kappa shape index (κ2) is 7.62. The number of aliphatic carboxylic acids is 1. The van der Waals surface area contributed by atoms with Gasteiger partial charge in [0.05, 0.1) is 0 Å². The first-order valence-corrected chi connectivity index (χ1v) is 5.28. The Morgan fingerprint density at radius 1 is 1.06 bits per heavy atom. The number of carbonyl (C=O) groups excluding carboxylic acids is 1. The highest BCUT2D eigenvalue weighted by Gasteiger charge is 1.89. The lowest BCUT2D eigenvalue weighted by Crippen LogP contribution is -2.13. The number of hydrogen-bond acceptors (Lipinski definition) is 2. The lowest BCUT2D eigenvalue weighted by molar-refractivity contribution is -0.131. The van der Waals surface area contributed by atoms with Gasteiger partial charge in [-0.2, -0.15) is 0 Å². The van der Waals surface area contributed by atoms with Crippen molar-refractivity contribution in [3.05, 3.63) is 66.4 Å². The standard InChI is InChI=1S/C14H13NO3/c16-13(15-11-10-14(17)18)9-5-4-8-12-6-2-1-3-7-12/h1-11H,(H,15,16)(H,17,18). The van der Waals surface area contributed by atoms with Crippen molar-refractivity contribution in [1.29, 1.82) is 0 Å². The molecule has 0 spiro atoms. The molecule has 4 heteroatoms. The fourth-order valence-corrected chi connectivity index (χ4v) is 1.12. The Kier molecular flexibility index (Phi) is 5.69. The molecule has 1 rings (SSSR count). The van der Waals surface area contributed by atoms with Gasteiger partial charge in [0.25, 0.3) is 0 Å². The number of benzene rings is 1. The van der Waals surface area contributed by atoms with Crippen LogP contribution in [0, 0.1) is 0 Å². The Labute approximate surface area is 105 Å². The van der Waals surface area contributed by atoms with Crippen molar-refractivity contribution >= 4 is 18.0 Å². The Hall–Kier alpha value is -2.62. The molecule has 18 heavy (non-hydrogen) atoms. The first-order chi connectivity index (χ1) is 8.68. The predicted molar refractivity (Wildman–Crippen MR) is 69.5 cm³/mol. The molecule has 0 radical (unpaired) electrons. The van der Waals surface area contributed by atoms with Gasteiger partial charge in [0.1, 0.15) is 0 Å². The SMILES string of the molecule is O=C(O)C=CNC(=O)C=CC=Cc1ccccc1. The van der Waals surface area contributed by atoms with Gasteiger partial charge in [-0.3, -0.25) is 4.79 Å². The van der Waals surface area contributed by atoms with Crippen molar-refractivity contribution in [2.75, 3.05) is 0 Å². The average Bonchev–Trinajstić information content (AvgIpc) is 2.35. The molecule has 1 aromatic carbocycles. The van der Waals surface area contributed by atoms with Crippen LogP contribution in [0.4, 0.5) is 0 Å². The monoisotopic (exact) mass is 243 g/mol. The highest BCUT2D eigenvalue weighted by molar-refractivity contribution is 5.89. The number of nitrogens with one attached hydrogen (secondary N) is 1. The molecule has 92 valence electrons. The van der Waals surface area contributed by atoms with E-state index in [1.807, 2.05) is 36.4 Å². The van der Waals surface area contributed by atoms with E-state index in [4.69, 9.17) is 5.11 Å². The molecule has 4 nitrogen and oxygen atoms in total. The number of amides is 1. The molecule has 0 aliphatic carbocycles. The van der Waals surface area contributed by atoms with Crippen LogP contribution in [0.2, 0.25) is 0 Å². The number of carboxylic acid groups (broad SMARTS) is 1. The Bertz CT molecular complexity index is 487. The molecule has 0 saturated heterocycles. The summed E-state index contributed by atoms with van der Waals surface area (Å²) < 4.78 is 0. The molecule has 1 aromatic rings. The van der Waals surface area contributed by atoms with Gasteiger partial charge < -0.3 is 10.4 Å². The summed E-state index contributed by atoms with van der Waals surface area (Å²) >= 11 is 0. The predicted octanol–water partition coefficient (Wildman–Crippen LogP) is 1.97. The molecule has 0 fully saturated rings. The van der Waals surface area contributed by atoms with Crippen molar-refractivity contribution in [3.63, 3.8) is 0 Å². The summed E-state index contributed by atoms with van der Waals surface area (Å²) in [6.45, 7) is 0. The molecular formula is C14H13NO3. The molecule has 0 unspecified atom stereocenters. The summed E-state index contributed by atoms with van der Waals surface area (Å²) in [5, 5.41) is 10.6. The van der Waals surface area contributed by atoms with Gasteiger partial charge >= 0.3 is 5.97 Å². The molecule has 1 amide bonds. The van der Waals surface area contributed by atoms with Crippen LogP contribution in [0.5, 0.6) is 0 Å². The molecule has 0 saturated carbocycles. The van der Waals surface area contributed by atoms with E-state index in [1.54, 1.807) is 12.2 Å². The molecule has 0 heterocycles. The Morgan fingerprint density at radius 3 is 2.44 bits per heavy atom. The van der Waals surface area contributed by atoms with Crippen molar-refractivity contribution in [3.8, 4) is 0 Å². The number of carbonyl (C=O) groups is 2. The van der Waals surface area contributed by atoms with Crippen LogP contribution in [0.1, 0.15) is 5.56 Å². The second-order valence-corrected chi connectivity index (χ2v) is 3.31. The van der Waals surface area contributed by atoms with Crippen molar-refractivity contribution in [2.24, 2.45) is 0 Å². The van der Waals surface area contributed by atoms with E-state index < -0.39 is 5.97 Å². The quantitative estimate of drug-likeness (QED) is 0.613. The molecular weight excluding hydrogens is 230 g/mol. The van der Waals surface area contributed by atoms with Crippen LogP contribution >= 0.6 is 0 Å². The van der Waals surface area contributed by atoms with Crippen molar-refractivity contribution in [1.82, 2.24) is 5.32 Å². The Balaban J connectivity index is 2.39. The normalized spacial score (nSPS) is 11.3. The summed E-state index contributed by atoms with van der Waals surface area (Å²) in [5.74, 6) is -1.49. The maximum Gasteiger partial charge on any atom is 0.329 e. The van der Waals surface area contributed by atoms with Crippen LogP contribution in [-0.2, 0) is 9.59 Å². The highest BCUT2D eigenvalue weighted by Crippen LogP contribution is 2.00. The van der Waals surface area contributed by atoms with E-state index in [0.717, 1.165) is 17.8 Å². The second-order valence-electron chi connectivity index (χ2n) is 3.31. The molecule has 0 bridgehead atoms. The van der Waals surface area contributed by atoms with E-state index in [-0.39, 0.29) is 5.91 Å². The molecule has 0 atom stereocenters. The van der Waals surface area contributed by atoms with Gasteiger partial charge in [-0.25, -0.2) is 4.79 Å². The van der Waals surface area contributed by atoms with Gasteiger partial charge in [-0.1, -0.05) is 48.6 Å². The minimum absolute atomic E-state index is 0.384. The van der Waals surface area contributed by atoms with Gasteiger partial charge in [-0.05, 0) is 5.56 Å². The zero-order valence-electron chi connectivity index (χ0n) is 9.61. The first kappa shape index (κ1) is 13.4. The minimum atomic E-state index is -1.11. The maximum absolute atomic E-state index is 11.2. The minimum Gasteiger partial charge on any atom is -0.478 e. The third-order valence-corrected chi connectivity index (χ3v) is 1.90. The number of carboxylic acids is 1. The highest BCUT2D eigenvalue weighted by atomic mass is 16.4. The lowest BCUT2D eigenvalue weighted by Gasteiger charge is -1.91. The van der Waals surface area contributed by atoms with E-state index in [0.29, 0.717) is 0 Å². The summed E-state index contributed by atoms with van der Waals surface area (Å²) in [6.07, 6.45) is 8.41. The van der Waals surface area contributed by atoms with Crippen molar-refractivity contribution < 1.29 is 14.7 Å². The third-order valence-electron chi connectivity index (χ3n) is 1.90. The fourth-order valence-electron chi connectivity index (χ4n) is 1.12. The summed E-state index contributed by atoms with van der Waals surface area (Å²) in [6, 6.07) is 9.66. The maximum atomic E-state index is 11.2. The van der Waals surface area contributed by atoms with Crippen molar-refractivity contribution in [2.45, 2.75) is 0 Å². The smallest absolute Gasteiger partial charge is 0.329 e. The van der Waals surface area contributed by atoms with E-state index in [2.05, 4.69) is 5.32 Å². The summed E-state index contributed by atoms with van der Waals surface area (Å²) in [7, 11) is 0. The van der Waals surface area contributed by atoms with Gasteiger partial charge in [0.2, 0.25) is 5.91 Å². The molecule has 0 aromatic heterocycles. The largest absolute Gasteiger partial charge is 0.478 e. The Morgan fingerprint density at radius 2 is 1.78 bits per heavy atom. The number of allylic oxidation sites excluding steroid dienone is 2. The summed E-state index contributed by atoms with van der Waals surface area (Å²) in [4.78, 5) is 21.3. The van der Waals surface area contributed by atoms with Crippen LogP contribution in [0.3, 0.4) is 0 Å². The molecule has 0 aliphatic heterocycles. The van der Waals surface area contributed by atoms with Gasteiger partial charge in [-0.15, -0.1) is 0 Å². The van der Waals surface area contributed by atoms with E-state index >= 15 is 0 Å². The molecule has 2 N–H and O–H groups in total. The van der Waals surface area contributed by atoms with Gasteiger partial charge in [0, 0.05) is 18.4 Å². The van der Waals surface area contributed by atoms with E-state index in [1.165, 1.54) is 6.08 Å². The molecule has 0 aliphatic rings. The first-order valence-electron chi connectivity index (χ1n) is 5.28. The zero-order valence-corrected chi connectivity index (χ0v) is 9.61. The lowest BCUT2D eigenvalue weighted by atomic mass is 10.2. The third kappa shape index (κ3) is 6.07.